The molecule has 0 saturated carbocycles. The number of rotatable bonds is 1. The molecule has 0 aliphatic heterocycles. The third-order valence-corrected chi connectivity index (χ3v) is 9.74. The molecule has 2 rings (SSSR count). The summed E-state index contributed by atoms with van der Waals surface area (Å²) in [6, 6.07) is 8.50. The van der Waals surface area contributed by atoms with Gasteiger partial charge in [-0.3, -0.25) is 0 Å². The molecule has 0 fully saturated rings. The van der Waals surface area contributed by atoms with Crippen molar-refractivity contribution in [3.63, 3.8) is 0 Å². The van der Waals surface area contributed by atoms with Gasteiger partial charge in [-0.25, -0.2) is 0 Å². The fourth-order valence-electron chi connectivity index (χ4n) is 1.83. The molecule has 0 saturated heterocycles. The average Bonchev–Trinajstić information content (AvgIpc) is 2.41. The van der Waals surface area contributed by atoms with Crippen molar-refractivity contribution in [2.75, 3.05) is 0 Å². The predicted molar refractivity (Wildman–Crippen MR) is 53.1 cm³/mol. The maximum atomic E-state index is 6.11. The zero-order valence-corrected chi connectivity index (χ0v) is 14.1. The third-order valence-electron chi connectivity index (χ3n) is 2.63. The van der Waals surface area contributed by atoms with Crippen LogP contribution in [-0.2, 0) is 30.4 Å². The van der Waals surface area contributed by atoms with Crippen LogP contribution in [0.4, 0.5) is 0 Å². The van der Waals surface area contributed by atoms with Crippen LogP contribution in [0.2, 0.25) is 0 Å². The van der Waals surface area contributed by atoms with Crippen molar-refractivity contribution in [1.29, 1.82) is 0 Å². The van der Waals surface area contributed by atoms with Gasteiger partial charge in [0.1, 0.15) is 0 Å². The predicted octanol–water partition coefficient (Wildman–Crippen LogP) is 2.35. The topological polar surface area (TPSA) is 4.93 Å². The molecule has 0 N–H and O–H groups in total. The minimum absolute atomic E-state index is 1.29. The Hall–Kier alpha value is -0.0149. The van der Waals surface area contributed by atoms with E-state index in [0.717, 1.165) is 0 Å². The Morgan fingerprint density at radius 3 is 2.62 bits per heavy atom. The Kier molecular flexibility index (Phi) is 2.66. The van der Waals surface area contributed by atoms with Gasteiger partial charge in [0.2, 0.25) is 0 Å². The van der Waals surface area contributed by atoms with Crippen LogP contribution in [0.1, 0.15) is 5.56 Å². The molecule has 3 heteroatoms. The SMILES string of the molecule is Cc1[c]([Hg][Cl])n(C)c2ccccc12. The van der Waals surface area contributed by atoms with Gasteiger partial charge in [-0.05, 0) is 0 Å². The summed E-state index contributed by atoms with van der Waals surface area (Å²) in [5, 5.41) is 1.36. The van der Waals surface area contributed by atoms with E-state index in [-0.39, 0.29) is 0 Å². The summed E-state index contributed by atoms with van der Waals surface area (Å²) in [4.78, 5) is 0. The molecule has 0 aliphatic carbocycles. The average molecular weight is 380 g/mol. The Labute approximate surface area is 93.6 Å². The first-order chi connectivity index (χ1) is 6.25. The second-order valence-corrected chi connectivity index (χ2v) is 9.27. The van der Waals surface area contributed by atoms with E-state index in [1.54, 1.807) is 0 Å². The van der Waals surface area contributed by atoms with Crippen molar-refractivity contribution in [3.05, 3.63) is 29.8 Å². The second kappa shape index (κ2) is 3.62. The van der Waals surface area contributed by atoms with E-state index in [2.05, 4.69) is 42.8 Å². The van der Waals surface area contributed by atoms with Gasteiger partial charge in [0.15, 0.2) is 0 Å². The number of hydrogen-bond donors (Lipinski definition) is 0. The molecular formula is C10H10ClHgN. The molecule has 0 unspecified atom stereocenters. The van der Waals surface area contributed by atoms with Crippen LogP contribution in [0.5, 0.6) is 0 Å². The summed E-state index contributed by atoms with van der Waals surface area (Å²) < 4.78 is 3.70. The van der Waals surface area contributed by atoms with Gasteiger partial charge in [0.05, 0.1) is 0 Å². The summed E-state index contributed by atoms with van der Waals surface area (Å²) in [6.45, 7) is 2.18. The first-order valence-corrected chi connectivity index (χ1v) is 13.9. The van der Waals surface area contributed by atoms with Crippen LogP contribution in [-0.4, -0.2) is 4.57 Å². The summed E-state index contributed by atoms with van der Waals surface area (Å²) >= 11 is -1.29. The van der Waals surface area contributed by atoms with Gasteiger partial charge in [0, 0.05) is 0 Å². The standard InChI is InChI=1S/C10H10N.ClH.Hg/c1-8-7-11(2)10-6-4-3-5-9(8)10;;/h3-6H,1-2H3;1H;/q;;+1/p-1. The number of aryl methyl sites for hydroxylation is 2. The Morgan fingerprint density at radius 2 is 2.00 bits per heavy atom. The van der Waals surface area contributed by atoms with Crippen LogP contribution in [0, 0.1) is 6.92 Å². The van der Waals surface area contributed by atoms with Crippen molar-refractivity contribution in [2.45, 2.75) is 6.92 Å². The Balaban J connectivity index is 2.88. The van der Waals surface area contributed by atoms with E-state index in [4.69, 9.17) is 8.25 Å². The van der Waals surface area contributed by atoms with Crippen LogP contribution in [0.25, 0.3) is 10.9 Å². The van der Waals surface area contributed by atoms with E-state index in [1.807, 2.05) is 0 Å². The van der Waals surface area contributed by atoms with Crippen molar-refractivity contribution < 1.29 is 23.3 Å². The second-order valence-electron chi connectivity index (χ2n) is 3.28. The van der Waals surface area contributed by atoms with E-state index in [0.29, 0.717) is 0 Å². The molecule has 2 aromatic rings. The summed E-state index contributed by atoms with van der Waals surface area (Å²) in [6.07, 6.45) is 0. The summed E-state index contributed by atoms with van der Waals surface area (Å²) in [7, 11) is 8.23. The van der Waals surface area contributed by atoms with Gasteiger partial charge >= 0.3 is 94.1 Å². The molecule has 0 atom stereocenters. The molecule has 0 aliphatic rings. The minimum atomic E-state index is -1.29. The number of nitrogens with zero attached hydrogens (tertiary/aromatic N) is 1. The monoisotopic (exact) mass is 381 g/mol. The summed E-state index contributed by atoms with van der Waals surface area (Å²) in [5.41, 5.74) is 2.71. The van der Waals surface area contributed by atoms with Crippen molar-refractivity contribution in [3.8, 4) is 0 Å². The fourth-order valence-corrected chi connectivity index (χ4v) is 8.04. The molecule has 0 amide bonds. The fraction of sp³-hybridized carbons (Fsp3) is 0.200. The first kappa shape index (κ1) is 9.54. The molecule has 64 valence electrons. The molecule has 0 radical (unpaired) electrons. The molecule has 13 heavy (non-hydrogen) atoms. The van der Waals surface area contributed by atoms with Gasteiger partial charge in [-0.1, -0.05) is 0 Å². The van der Waals surface area contributed by atoms with Crippen molar-refractivity contribution >= 4 is 22.4 Å². The molecule has 1 aromatic heterocycles. The Bertz CT molecular complexity index is 408. The first-order valence-electron chi connectivity index (χ1n) is 4.34. The molecule has 1 nitrogen and oxygen atoms in total. The number of halogens is 1. The quantitative estimate of drug-likeness (QED) is 0.670. The van der Waals surface area contributed by atoms with Crippen LogP contribution in [0.3, 0.4) is 0 Å². The maximum absolute atomic E-state index is 6.11. The number of hydrogen-bond acceptors (Lipinski definition) is 0. The third kappa shape index (κ3) is 1.42. The molecule has 0 spiro atoms. The zero-order valence-electron chi connectivity index (χ0n) is 7.84. The van der Waals surface area contributed by atoms with E-state index in [1.165, 1.54) is 19.7 Å². The van der Waals surface area contributed by atoms with Crippen LogP contribution < -0.4 is 3.20 Å². The van der Waals surface area contributed by atoms with Gasteiger partial charge in [-0.15, -0.1) is 0 Å². The number of para-hydroxylation sites is 1. The summed E-state index contributed by atoms with van der Waals surface area (Å²) in [5.74, 6) is 0. The molecule has 1 aromatic carbocycles. The van der Waals surface area contributed by atoms with Crippen molar-refractivity contribution in [2.24, 2.45) is 7.05 Å². The van der Waals surface area contributed by atoms with Gasteiger partial charge in [0.25, 0.3) is 0 Å². The Morgan fingerprint density at radius 1 is 1.31 bits per heavy atom. The van der Waals surface area contributed by atoms with Gasteiger partial charge in [-0.2, -0.15) is 0 Å². The van der Waals surface area contributed by atoms with E-state index >= 15 is 0 Å². The van der Waals surface area contributed by atoms with Gasteiger partial charge < -0.3 is 0 Å². The van der Waals surface area contributed by atoms with E-state index in [9.17, 15) is 0 Å². The molecular weight excluding hydrogens is 370 g/mol. The number of fused-ring (bicyclic) bond motifs is 1. The van der Waals surface area contributed by atoms with Crippen LogP contribution >= 0.6 is 8.25 Å². The number of aromatic nitrogens is 1. The normalized spacial score (nSPS) is 10.4. The molecule has 1 heterocycles. The number of benzene rings is 1. The van der Waals surface area contributed by atoms with Crippen LogP contribution in [0.15, 0.2) is 24.3 Å². The molecule has 0 bridgehead atoms. The van der Waals surface area contributed by atoms with E-state index < -0.39 is 23.3 Å². The zero-order chi connectivity index (χ0) is 9.42. The van der Waals surface area contributed by atoms with Crippen molar-refractivity contribution in [1.82, 2.24) is 4.57 Å².